The molecule has 0 saturated heterocycles. The number of nitrogens with zero attached hydrogens (tertiary/aromatic N) is 1. The SMILES string of the molecule is CCCCCCC(C)Nc1ccc(Br)c([N+](=O)[O-])c1. The van der Waals surface area contributed by atoms with Gasteiger partial charge in [0.2, 0.25) is 0 Å². The number of unbranched alkanes of at least 4 members (excludes halogenated alkanes) is 3. The smallest absolute Gasteiger partial charge is 0.285 e. The van der Waals surface area contributed by atoms with Crippen molar-refractivity contribution < 1.29 is 4.92 Å². The average molecular weight is 329 g/mol. The Kier molecular flexibility index (Phi) is 6.84. The molecule has 1 unspecified atom stereocenters. The average Bonchev–Trinajstić information content (AvgIpc) is 2.36. The van der Waals surface area contributed by atoms with Crippen molar-refractivity contribution in [2.75, 3.05) is 5.32 Å². The molecule has 0 aromatic heterocycles. The van der Waals surface area contributed by atoms with Crippen LogP contribution in [0.1, 0.15) is 46.0 Å². The van der Waals surface area contributed by atoms with E-state index in [1.807, 2.05) is 6.07 Å². The van der Waals surface area contributed by atoms with Gasteiger partial charge in [0.15, 0.2) is 0 Å². The molecule has 0 aliphatic carbocycles. The van der Waals surface area contributed by atoms with E-state index in [9.17, 15) is 10.1 Å². The Labute approximate surface area is 122 Å². The summed E-state index contributed by atoms with van der Waals surface area (Å²) in [6, 6.07) is 5.48. The van der Waals surface area contributed by atoms with Crippen molar-refractivity contribution in [2.45, 2.75) is 52.0 Å². The summed E-state index contributed by atoms with van der Waals surface area (Å²) >= 11 is 3.19. The minimum atomic E-state index is -0.374. The number of nitro groups is 1. The maximum atomic E-state index is 10.9. The van der Waals surface area contributed by atoms with Crippen molar-refractivity contribution in [1.82, 2.24) is 0 Å². The number of hydrogen-bond donors (Lipinski definition) is 1. The molecule has 0 aliphatic heterocycles. The lowest BCUT2D eigenvalue weighted by atomic mass is 10.1. The summed E-state index contributed by atoms with van der Waals surface area (Å²) in [6.45, 7) is 4.31. The number of benzene rings is 1. The molecule has 1 atom stereocenters. The van der Waals surface area contributed by atoms with E-state index in [-0.39, 0.29) is 10.6 Å². The van der Waals surface area contributed by atoms with E-state index in [4.69, 9.17) is 0 Å². The van der Waals surface area contributed by atoms with Gasteiger partial charge in [0, 0.05) is 17.8 Å². The maximum absolute atomic E-state index is 10.9. The first-order valence-electron chi connectivity index (χ1n) is 6.75. The van der Waals surface area contributed by atoms with E-state index >= 15 is 0 Å². The highest BCUT2D eigenvalue weighted by Crippen LogP contribution is 2.28. The third kappa shape index (κ3) is 5.59. The van der Waals surface area contributed by atoms with Crippen molar-refractivity contribution in [2.24, 2.45) is 0 Å². The van der Waals surface area contributed by atoms with Gasteiger partial charge in [-0.15, -0.1) is 0 Å². The van der Waals surface area contributed by atoms with Gasteiger partial charge in [0.05, 0.1) is 9.40 Å². The fraction of sp³-hybridized carbons (Fsp3) is 0.571. The molecule has 1 aromatic rings. The summed E-state index contributed by atoms with van der Waals surface area (Å²) in [7, 11) is 0. The van der Waals surface area contributed by atoms with Crippen LogP contribution in [-0.2, 0) is 0 Å². The highest BCUT2D eigenvalue weighted by atomic mass is 79.9. The molecule has 0 bridgehead atoms. The number of nitro benzene ring substituents is 1. The van der Waals surface area contributed by atoms with Gasteiger partial charge >= 0.3 is 0 Å². The molecular weight excluding hydrogens is 308 g/mol. The summed E-state index contributed by atoms with van der Waals surface area (Å²) < 4.78 is 0.513. The maximum Gasteiger partial charge on any atom is 0.285 e. The Morgan fingerprint density at radius 3 is 2.74 bits per heavy atom. The van der Waals surface area contributed by atoms with Crippen LogP contribution < -0.4 is 5.32 Å². The molecule has 0 amide bonds. The van der Waals surface area contributed by atoms with Crippen LogP contribution in [0.4, 0.5) is 11.4 Å². The van der Waals surface area contributed by atoms with Gasteiger partial charge in [0.1, 0.15) is 0 Å². The molecule has 1 aromatic carbocycles. The van der Waals surface area contributed by atoms with E-state index in [2.05, 4.69) is 35.1 Å². The normalized spacial score (nSPS) is 12.2. The standard InChI is InChI=1S/C14H21BrN2O2/c1-3-4-5-6-7-11(2)16-12-8-9-13(15)14(10-12)17(18)19/h8-11,16H,3-7H2,1-2H3. The molecule has 1 rings (SSSR count). The predicted molar refractivity (Wildman–Crippen MR) is 82.6 cm³/mol. The van der Waals surface area contributed by atoms with Crippen LogP contribution in [0.15, 0.2) is 22.7 Å². The van der Waals surface area contributed by atoms with Crippen molar-refractivity contribution in [3.05, 3.63) is 32.8 Å². The fourth-order valence-electron chi connectivity index (χ4n) is 1.98. The van der Waals surface area contributed by atoms with E-state index in [0.29, 0.717) is 10.5 Å². The Balaban J connectivity index is 2.52. The summed E-state index contributed by atoms with van der Waals surface area (Å²) in [5, 5.41) is 14.2. The molecule has 5 heteroatoms. The van der Waals surface area contributed by atoms with Crippen molar-refractivity contribution in [1.29, 1.82) is 0 Å². The second-order valence-corrected chi connectivity index (χ2v) is 5.67. The third-order valence-electron chi connectivity index (χ3n) is 3.05. The summed E-state index contributed by atoms with van der Waals surface area (Å²) in [5.41, 5.74) is 0.904. The topological polar surface area (TPSA) is 55.2 Å². The van der Waals surface area contributed by atoms with Crippen molar-refractivity contribution in [3.63, 3.8) is 0 Å². The first kappa shape index (κ1) is 16.0. The second kappa shape index (κ2) is 8.15. The molecule has 1 N–H and O–H groups in total. The van der Waals surface area contributed by atoms with Crippen molar-refractivity contribution >= 4 is 27.3 Å². The zero-order valence-electron chi connectivity index (χ0n) is 11.5. The van der Waals surface area contributed by atoms with Gasteiger partial charge in [-0.1, -0.05) is 32.6 Å². The summed E-state index contributed by atoms with van der Waals surface area (Å²) in [6.07, 6.45) is 6.05. The number of hydrogen-bond acceptors (Lipinski definition) is 3. The number of halogens is 1. The molecule has 0 spiro atoms. The number of anilines is 1. The van der Waals surface area contributed by atoms with Crippen LogP contribution in [0.25, 0.3) is 0 Å². The van der Waals surface area contributed by atoms with Crippen LogP contribution in [-0.4, -0.2) is 11.0 Å². The van der Waals surface area contributed by atoms with E-state index in [0.717, 1.165) is 12.1 Å². The Bertz CT molecular complexity index is 424. The van der Waals surface area contributed by atoms with Gasteiger partial charge in [-0.3, -0.25) is 10.1 Å². The van der Waals surface area contributed by atoms with Crippen LogP contribution in [0, 0.1) is 10.1 Å². The van der Waals surface area contributed by atoms with E-state index in [1.165, 1.54) is 25.7 Å². The monoisotopic (exact) mass is 328 g/mol. The molecule has 19 heavy (non-hydrogen) atoms. The Morgan fingerprint density at radius 2 is 2.11 bits per heavy atom. The summed E-state index contributed by atoms with van der Waals surface area (Å²) in [4.78, 5) is 10.5. The quantitative estimate of drug-likeness (QED) is 0.409. The van der Waals surface area contributed by atoms with Crippen LogP contribution >= 0.6 is 15.9 Å². The first-order chi connectivity index (χ1) is 9.04. The number of rotatable bonds is 8. The fourth-order valence-corrected chi connectivity index (χ4v) is 2.37. The van der Waals surface area contributed by atoms with Crippen LogP contribution in [0.5, 0.6) is 0 Å². The molecule has 0 aliphatic rings. The lowest BCUT2D eigenvalue weighted by Gasteiger charge is -2.15. The lowest BCUT2D eigenvalue weighted by Crippen LogP contribution is -2.14. The predicted octanol–water partition coefficient (Wildman–Crippen LogP) is 5.13. The van der Waals surface area contributed by atoms with Crippen LogP contribution in [0.2, 0.25) is 0 Å². The van der Waals surface area contributed by atoms with Crippen LogP contribution in [0.3, 0.4) is 0 Å². The molecule has 0 radical (unpaired) electrons. The summed E-state index contributed by atoms with van der Waals surface area (Å²) in [5.74, 6) is 0. The molecule has 0 saturated carbocycles. The molecule has 106 valence electrons. The van der Waals surface area contributed by atoms with Gasteiger partial charge in [0.25, 0.3) is 5.69 Å². The molecule has 0 heterocycles. The molecule has 0 fully saturated rings. The van der Waals surface area contributed by atoms with E-state index < -0.39 is 0 Å². The zero-order chi connectivity index (χ0) is 14.3. The van der Waals surface area contributed by atoms with Gasteiger partial charge in [-0.25, -0.2) is 0 Å². The van der Waals surface area contributed by atoms with Crippen molar-refractivity contribution in [3.8, 4) is 0 Å². The second-order valence-electron chi connectivity index (χ2n) is 4.82. The minimum absolute atomic E-state index is 0.100. The zero-order valence-corrected chi connectivity index (χ0v) is 13.1. The molecular formula is C14H21BrN2O2. The lowest BCUT2D eigenvalue weighted by molar-refractivity contribution is -0.385. The largest absolute Gasteiger partial charge is 0.382 e. The minimum Gasteiger partial charge on any atom is -0.382 e. The van der Waals surface area contributed by atoms with E-state index in [1.54, 1.807) is 12.1 Å². The highest BCUT2D eigenvalue weighted by molar-refractivity contribution is 9.10. The molecule has 4 nitrogen and oxygen atoms in total. The highest BCUT2D eigenvalue weighted by Gasteiger charge is 2.13. The Hall–Kier alpha value is -1.10. The van der Waals surface area contributed by atoms with Gasteiger partial charge < -0.3 is 5.32 Å². The Morgan fingerprint density at radius 1 is 1.37 bits per heavy atom. The third-order valence-corrected chi connectivity index (χ3v) is 3.72. The number of nitrogens with one attached hydrogen (secondary N) is 1. The first-order valence-corrected chi connectivity index (χ1v) is 7.54. The van der Waals surface area contributed by atoms with Gasteiger partial charge in [-0.2, -0.15) is 0 Å². The van der Waals surface area contributed by atoms with Gasteiger partial charge in [-0.05, 0) is 41.4 Å².